The van der Waals surface area contributed by atoms with E-state index in [9.17, 15) is 0 Å². The van der Waals surface area contributed by atoms with Gasteiger partial charge in [0, 0.05) is 63.5 Å². The monoisotopic (exact) mass is 538 g/mol. The van der Waals surface area contributed by atoms with E-state index in [0.717, 1.165) is 92.2 Å². The van der Waals surface area contributed by atoms with Crippen LogP contribution in [0.15, 0.2) is 30.9 Å². The third-order valence-corrected chi connectivity index (χ3v) is 7.19. The molecule has 38 heavy (non-hydrogen) atoms. The Morgan fingerprint density at radius 2 is 1.82 bits per heavy atom. The molecule has 3 aromatic rings. The molecule has 2 fully saturated rings. The van der Waals surface area contributed by atoms with Crippen molar-refractivity contribution in [3.05, 3.63) is 42.2 Å². The Labute approximate surface area is 228 Å². The van der Waals surface area contributed by atoms with Crippen LogP contribution < -0.4 is 19.7 Å². The van der Waals surface area contributed by atoms with Gasteiger partial charge in [0.05, 0.1) is 50.0 Å². The number of nitrogens with one attached hydrogen (secondary N) is 1. The molecule has 0 saturated carbocycles. The summed E-state index contributed by atoms with van der Waals surface area (Å²) in [6, 6.07) is 3.93. The quantitative estimate of drug-likeness (QED) is 0.422. The van der Waals surface area contributed by atoms with Crippen molar-refractivity contribution in [1.82, 2.24) is 35.1 Å². The van der Waals surface area contributed by atoms with Crippen LogP contribution in [0, 0.1) is 6.92 Å². The molecule has 2 aliphatic rings. The molecule has 0 spiro atoms. The van der Waals surface area contributed by atoms with E-state index >= 15 is 0 Å². The van der Waals surface area contributed by atoms with Crippen LogP contribution in [-0.2, 0) is 11.3 Å². The van der Waals surface area contributed by atoms with Crippen molar-refractivity contribution >= 4 is 34.1 Å². The lowest BCUT2D eigenvalue weighted by Crippen LogP contribution is -2.51. The van der Waals surface area contributed by atoms with Gasteiger partial charge in [0.1, 0.15) is 18.8 Å². The number of anilines is 1. The number of thiocarbonyl (C=S) groups is 1. The van der Waals surface area contributed by atoms with Gasteiger partial charge in [0.2, 0.25) is 0 Å². The van der Waals surface area contributed by atoms with Gasteiger partial charge in [-0.1, -0.05) is 0 Å². The van der Waals surface area contributed by atoms with Gasteiger partial charge in [-0.3, -0.25) is 14.9 Å². The number of morpholine rings is 1. The second kappa shape index (κ2) is 12.5. The molecular formula is C26H34N8O3S. The van der Waals surface area contributed by atoms with E-state index in [-0.39, 0.29) is 0 Å². The smallest absolute Gasteiger partial charge is 0.169 e. The molecule has 2 aromatic heterocycles. The van der Waals surface area contributed by atoms with Gasteiger partial charge in [0.25, 0.3) is 0 Å². The Morgan fingerprint density at radius 3 is 2.55 bits per heavy atom. The molecule has 5 rings (SSSR count). The molecule has 0 radical (unpaired) electrons. The summed E-state index contributed by atoms with van der Waals surface area (Å²) < 4.78 is 17.2. The molecule has 202 valence electrons. The maximum absolute atomic E-state index is 6.11. The molecular weight excluding hydrogens is 504 g/mol. The zero-order valence-electron chi connectivity index (χ0n) is 21.9. The third kappa shape index (κ3) is 6.37. The zero-order valence-corrected chi connectivity index (χ0v) is 22.7. The summed E-state index contributed by atoms with van der Waals surface area (Å²) in [5.74, 6) is 2.26. The van der Waals surface area contributed by atoms with Crippen LogP contribution in [0.25, 0.3) is 10.9 Å². The second-order valence-electron chi connectivity index (χ2n) is 9.30. The molecule has 0 amide bonds. The molecule has 1 N–H and O–H groups in total. The molecule has 0 atom stereocenters. The van der Waals surface area contributed by atoms with Crippen LogP contribution in [0.3, 0.4) is 0 Å². The average Bonchev–Trinajstić information content (AvgIpc) is 2.96. The van der Waals surface area contributed by atoms with E-state index in [4.69, 9.17) is 26.4 Å². The Bertz CT molecular complexity index is 1230. The van der Waals surface area contributed by atoms with Crippen molar-refractivity contribution in [2.75, 3.05) is 77.6 Å². The first-order valence-electron chi connectivity index (χ1n) is 12.9. The predicted molar refractivity (Wildman–Crippen MR) is 149 cm³/mol. The highest BCUT2D eigenvalue weighted by Gasteiger charge is 2.23. The van der Waals surface area contributed by atoms with Crippen molar-refractivity contribution < 1.29 is 14.2 Å². The molecule has 2 aliphatic heterocycles. The first kappa shape index (κ1) is 26.3. The number of fused-ring (bicyclic) bond motifs is 1. The molecule has 0 aliphatic carbocycles. The van der Waals surface area contributed by atoms with Gasteiger partial charge in [-0.05, 0) is 25.2 Å². The van der Waals surface area contributed by atoms with E-state index in [1.54, 1.807) is 25.8 Å². The SMILES string of the molecule is COc1cc2c(N3CCN(C(=S)NCc4cnc(C)cn4)CC3)ncnc2cc1OCCN1CCOCC1. The number of hydrogen-bond acceptors (Lipinski definition) is 10. The minimum Gasteiger partial charge on any atom is -0.493 e. The normalized spacial score (nSPS) is 16.5. The van der Waals surface area contributed by atoms with Crippen molar-refractivity contribution in [1.29, 1.82) is 0 Å². The van der Waals surface area contributed by atoms with Crippen LogP contribution in [0.4, 0.5) is 5.82 Å². The Balaban J connectivity index is 1.20. The van der Waals surface area contributed by atoms with E-state index in [1.807, 2.05) is 19.1 Å². The lowest BCUT2D eigenvalue weighted by Gasteiger charge is -2.37. The predicted octanol–water partition coefficient (Wildman–Crippen LogP) is 1.64. The lowest BCUT2D eigenvalue weighted by atomic mass is 10.2. The van der Waals surface area contributed by atoms with Crippen molar-refractivity contribution in [3.8, 4) is 11.5 Å². The number of benzene rings is 1. The lowest BCUT2D eigenvalue weighted by molar-refractivity contribution is 0.0321. The number of ether oxygens (including phenoxy) is 3. The summed E-state index contributed by atoms with van der Waals surface area (Å²) in [6.45, 7) is 10.5. The molecule has 2 saturated heterocycles. The number of aryl methyl sites for hydroxylation is 1. The van der Waals surface area contributed by atoms with E-state index < -0.39 is 0 Å². The Hall–Kier alpha value is -3.35. The number of nitrogens with zero attached hydrogens (tertiary/aromatic N) is 7. The van der Waals surface area contributed by atoms with Gasteiger partial charge in [0.15, 0.2) is 16.6 Å². The fraction of sp³-hybridized carbons (Fsp3) is 0.500. The highest BCUT2D eigenvalue weighted by Crippen LogP contribution is 2.35. The third-order valence-electron chi connectivity index (χ3n) is 6.79. The number of hydrogen-bond donors (Lipinski definition) is 1. The van der Waals surface area contributed by atoms with E-state index in [1.165, 1.54) is 0 Å². The number of methoxy groups -OCH3 is 1. The standard InChI is InChI=1S/C26H34N8O3S/c1-19-15-28-20(16-27-19)17-29-26(38)34-5-3-33(4-6-34)25-21-13-23(35-2)24(14-22(21)30-18-31-25)37-12-9-32-7-10-36-11-8-32/h13-16,18H,3-12,17H2,1-2H3,(H,29,38). The van der Waals surface area contributed by atoms with Crippen molar-refractivity contribution in [3.63, 3.8) is 0 Å². The Kier molecular flexibility index (Phi) is 8.61. The maximum Gasteiger partial charge on any atom is 0.169 e. The highest BCUT2D eigenvalue weighted by molar-refractivity contribution is 7.80. The molecule has 11 nitrogen and oxygen atoms in total. The summed E-state index contributed by atoms with van der Waals surface area (Å²) in [4.78, 5) is 24.6. The van der Waals surface area contributed by atoms with Crippen LogP contribution in [0.5, 0.6) is 11.5 Å². The van der Waals surface area contributed by atoms with Crippen LogP contribution in [-0.4, -0.2) is 108 Å². The average molecular weight is 539 g/mol. The number of aromatic nitrogens is 4. The minimum atomic E-state index is 0.555. The van der Waals surface area contributed by atoms with Crippen molar-refractivity contribution in [2.24, 2.45) is 0 Å². The summed E-state index contributed by atoms with van der Waals surface area (Å²) in [5.41, 5.74) is 2.59. The zero-order chi connectivity index (χ0) is 26.3. The Morgan fingerprint density at radius 1 is 1.00 bits per heavy atom. The van der Waals surface area contributed by atoms with Gasteiger partial charge >= 0.3 is 0 Å². The van der Waals surface area contributed by atoms with Gasteiger partial charge in [-0.2, -0.15) is 0 Å². The maximum atomic E-state index is 6.11. The number of piperazine rings is 1. The van der Waals surface area contributed by atoms with Gasteiger partial charge < -0.3 is 29.3 Å². The van der Waals surface area contributed by atoms with E-state index in [2.05, 4.69) is 40.0 Å². The highest BCUT2D eigenvalue weighted by atomic mass is 32.1. The topological polar surface area (TPSA) is 101 Å². The first-order valence-corrected chi connectivity index (χ1v) is 13.3. The minimum absolute atomic E-state index is 0.555. The molecule has 1 aromatic carbocycles. The van der Waals surface area contributed by atoms with Gasteiger partial charge in [-0.15, -0.1) is 0 Å². The number of rotatable bonds is 8. The summed E-state index contributed by atoms with van der Waals surface area (Å²) in [7, 11) is 1.66. The first-order chi connectivity index (χ1) is 18.6. The van der Waals surface area contributed by atoms with E-state index in [0.29, 0.717) is 24.7 Å². The van der Waals surface area contributed by atoms with Crippen molar-refractivity contribution in [2.45, 2.75) is 13.5 Å². The molecule has 4 heterocycles. The summed E-state index contributed by atoms with van der Waals surface area (Å²) >= 11 is 5.64. The fourth-order valence-corrected chi connectivity index (χ4v) is 4.85. The molecule has 0 bridgehead atoms. The second-order valence-corrected chi connectivity index (χ2v) is 9.69. The molecule has 0 unspecified atom stereocenters. The van der Waals surface area contributed by atoms with Crippen LogP contribution >= 0.6 is 12.2 Å². The molecule has 12 heteroatoms. The van der Waals surface area contributed by atoms with Crippen LogP contribution in [0.2, 0.25) is 0 Å². The summed E-state index contributed by atoms with van der Waals surface area (Å²) in [6.07, 6.45) is 5.15. The largest absolute Gasteiger partial charge is 0.493 e. The fourth-order valence-electron chi connectivity index (χ4n) is 4.59. The summed E-state index contributed by atoms with van der Waals surface area (Å²) in [5, 5.41) is 4.97. The van der Waals surface area contributed by atoms with Crippen LogP contribution in [0.1, 0.15) is 11.4 Å². The van der Waals surface area contributed by atoms with Gasteiger partial charge in [-0.25, -0.2) is 9.97 Å².